The monoisotopic (exact) mass is 358 g/mol. The fraction of sp³-hybridized carbons (Fsp3) is 0.227. The fourth-order valence-corrected chi connectivity index (χ4v) is 3.42. The Morgan fingerprint density at radius 2 is 1.78 bits per heavy atom. The lowest BCUT2D eigenvalue weighted by Crippen LogP contribution is -2.25. The van der Waals surface area contributed by atoms with Crippen LogP contribution in [0.4, 0.5) is 17.3 Å². The number of anilines is 3. The van der Waals surface area contributed by atoms with Gasteiger partial charge in [0.2, 0.25) is 5.91 Å². The van der Waals surface area contributed by atoms with Crippen LogP contribution >= 0.6 is 0 Å². The van der Waals surface area contributed by atoms with E-state index in [1.807, 2.05) is 48.5 Å². The van der Waals surface area contributed by atoms with E-state index < -0.39 is 0 Å². The highest BCUT2D eigenvalue weighted by Crippen LogP contribution is 2.31. The van der Waals surface area contributed by atoms with Gasteiger partial charge in [0.25, 0.3) is 0 Å². The minimum absolute atomic E-state index is 0.0516. The van der Waals surface area contributed by atoms with Gasteiger partial charge in [-0.1, -0.05) is 48.5 Å². The standard InChI is InChI=1S/C22H22N4O/c27-22(15-12-17-7-2-1-3-8-17)23-20-13-14-21(25-24-20)26-16-6-10-18-9-4-5-11-19(18)26/h1-5,7-9,11,13-14H,6,10,12,15-16H2,(H,23,24,27). The van der Waals surface area contributed by atoms with Gasteiger partial charge in [0.15, 0.2) is 11.6 Å². The maximum absolute atomic E-state index is 12.1. The third-order valence-corrected chi connectivity index (χ3v) is 4.79. The maximum atomic E-state index is 12.1. The summed E-state index contributed by atoms with van der Waals surface area (Å²) in [5.74, 6) is 1.25. The quantitative estimate of drug-likeness (QED) is 0.745. The summed E-state index contributed by atoms with van der Waals surface area (Å²) in [6, 6.07) is 22.1. The van der Waals surface area contributed by atoms with Gasteiger partial charge < -0.3 is 10.2 Å². The van der Waals surface area contributed by atoms with Crippen molar-refractivity contribution in [3.8, 4) is 0 Å². The summed E-state index contributed by atoms with van der Waals surface area (Å²) in [7, 11) is 0. The van der Waals surface area contributed by atoms with Gasteiger partial charge in [-0.15, -0.1) is 10.2 Å². The molecular weight excluding hydrogens is 336 g/mol. The second-order valence-electron chi connectivity index (χ2n) is 6.69. The van der Waals surface area contributed by atoms with Crippen molar-refractivity contribution >= 4 is 23.2 Å². The van der Waals surface area contributed by atoms with Crippen molar-refractivity contribution in [1.29, 1.82) is 0 Å². The third kappa shape index (κ3) is 4.14. The fourth-order valence-electron chi connectivity index (χ4n) is 3.42. The molecule has 2 heterocycles. The van der Waals surface area contributed by atoms with Crippen molar-refractivity contribution in [2.24, 2.45) is 0 Å². The molecule has 0 saturated carbocycles. The molecule has 4 rings (SSSR count). The van der Waals surface area contributed by atoms with Crippen LogP contribution in [0.1, 0.15) is 24.0 Å². The van der Waals surface area contributed by atoms with E-state index in [0.717, 1.165) is 30.8 Å². The lowest BCUT2D eigenvalue weighted by molar-refractivity contribution is -0.116. The number of nitrogens with one attached hydrogen (secondary N) is 1. The number of hydrogen-bond acceptors (Lipinski definition) is 4. The normalized spacial score (nSPS) is 13.1. The Morgan fingerprint density at radius 1 is 0.963 bits per heavy atom. The number of para-hydroxylation sites is 1. The van der Waals surface area contributed by atoms with Crippen molar-refractivity contribution in [3.63, 3.8) is 0 Å². The number of amides is 1. The van der Waals surface area contributed by atoms with Crippen molar-refractivity contribution in [1.82, 2.24) is 10.2 Å². The van der Waals surface area contributed by atoms with Crippen LogP contribution in [-0.2, 0) is 17.6 Å². The first-order valence-electron chi connectivity index (χ1n) is 9.32. The summed E-state index contributed by atoms with van der Waals surface area (Å²) < 4.78 is 0. The van der Waals surface area contributed by atoms with E-state index in [9.17, 15) is 4.79 Å². The molecule has 0 saturated heterocycles. The lowest BCUT2D eigenvalue weighted by atomic mass is 10.0. The highest BCUT2D eigenvalue weighted by atomic mass is 16.1. The number of carbonyl (C=O) groups excluding carboxylic acids is 1. The largest absolute Gasteiger partial charge is 0.325 e. The smallest absolute Gasteiger partial charge is 0.225 e. The topological polar surface area (TPSA) is 58.1 Å². The summed E-state index contributed by atoms with van der Waals surface area (Å²) >= 11 is 0. The summed E-state index contributed by atoms with van der Waals surface area (Å²) in [6.07, 6.45) is 3.32. The highest BCUT2D eigenvalue weighted by molar-refractivity contribution is 5.89. The molecule has 5 nitrogen and oxygen atoms in total. The van der Waals surface area contributed by atoms with Crippen molar-refractivity contribution in [3.05, 3.63) is 77.9 Å². The number of carbonyl (C=O) groups is 1. The van der Waals surface area contributed by atoms with E-state index in [2.05, 4.69) is 38.6 Å². The molecule has 0 unspecified atom stereocenters. The molecule has 0 atom stereocenters. The minimum Gasteiger partial charge on any atom is -0.325 e. The molecule has 0 fully saturated rings. The molecular formula is C22H22N4O. The molecule has 5 heteroatoms. The summed E-state index contributed by atoms with van der Waals surface area (Å²) in [5, 5.41) is 11.4. The van der Waals surface area contributed by atoms with Crippen LogP contribution in [0.3, 0.4) is 0 Å². The van der Waals surface area contributed by atoms with Gasteiger partial charge >= 0.3 is 0 Å². The summed E-state index contributed by atoms with van der Waals surface area (Å²) in [4.78, 5) is 14.3. The van der Waals surface area contributed by atoms with Gasteiger partial charge in [0, 0.05) is 18.7 Å². The highest BCUT2D eigenvalue weighted by Gasteiger charge is 2.19. The Kier molecular flexibility index (Phi) is 5.10. The predicted molar refractivity (Wildman–Crippen MR) is 107 cm³/mol. The van der Waals surface area contributed by atoms with Gasteiger partial charge in [0.05, 0.1) is 0 Å². The number of benzene rings is 2. The van der Waals surface area contributed by atoms with Gasteiger partial charge in [-0.2, -0.15) is 0 Å². The second kappa shape index (κ2) is 7.99. The van der Waals surface area contributed by atoms with Gasteiger partial charge in [-0.3, -0.25) is 4.79 Å². The first-order valence-corrected chi connectivity index (χ1v) is 9.32. The number of rotatable bonds is 5. The molecule has 136 valence electrons. The molecule has 1 N–H and O–H groups in total. The molecule has 1 aliphatic heterocycles. The van der Waals surface area contributed by atoms with Crippen molar-refractivity contribution in [2.75, 3.05) is 16.8 Å². The number of fused-ring (bicyclic) bond motifs is 1. The van der Waals surface area contributed by atoms with E-state index in [0.29, 0.717) is 18.7 Å². The summed E-state index contributed by atoms with van der Waals surface area (Å²) in [6.45, 7) is 0.925. The third-order valence-electron chi connectivity index (χ3n) is 4.79. The van der Waals surface area contributed by atoms with Crippen molar-refractivity contribution < 1.29 is 4.79 Å². The van der Waals surface area contributed by atoms with Crippen LogP contribution < -0.4 is 10.2 Å². The number of aromatic nitrogens is 2. The Bertz CT molecular complexity index is 909. The van der Waals surface area contributed by atoms with Crippen LogP contribution in [0.15, 0.2) is 66.7 Å². The van der Waals surface area contributed by atoms with Crippen molar-refractivity contribution in [2.45, 2.75) is 25.7 Å². The first-order chi connectivity index (χ1) is 13.3. The van der Waals surface area contributed by atoms with E-state index in [-0.39, 0.29) is 5.91 Å². The molecule has 27 heavy (non-hydrogen) atoms. The van der Waals surface area contributed by atoms with E-state index in [1.54, 1.807) is 0 Å². The predicted octanol–water partition coefficient (Wildman–Crippen LogP) is 4.13. The average Bonchev–Trinajstić information content (AvgIpc) is 2.73. The molecule has 1 amide bonds. The zero-order valence-electron chi connectivity index (χ0n) is 15.1. The average molecular weight is 358 g/mol. The zero-order valence-corrected chi connectivity index (χ0v) is 15.1. The summed E-state index contributed by atoms with van der Waals surface area (Å²) in [5.41, 5.74) is 3.68. The Hall–Kier alpha value is -3.21. The van der Waals surface area contributed by atoms with Crippen LogP contribution in [0, 0.1) is 0 Å². The molecule has 1 aromatic heterocycles. The van der Waals surface area contributed by atoms with E-state index in [1.165, 1.54) is 11.3 Å². The first kappa shape index (κ1) is 17.2. The molecule has 0 radical (unpaired) electrons. The number of aryl methyl sites for hydroxylation is 2. The van der Waals surface area contributed by atoms with Crippen LogP contribution in [0.2, 0.25) is 0 Å². The van der Waals surface area contributed by atoms with Gasteiger partial charge in [-0.05, 0) is 48.6 Å². The Morgan fingerprint density at radius 3 is 2.59 bits per heavy atom. The Balaban J connectivity index is 1.39. The van der Waals surface area contributed by atoms with Crippen LogP contribution in [0.5, 0.6) is 0 Å². The van der Waals surface area contributed by atoms with Gasteiger partial charge in [-0.25, -0.2) is 0 Å². The number of nitrogens with zero attached hydrogens (tertiary/aromatic N) is 3. The van der Waals surface area contributed by atoms with E-state index in [4.69, 9.17) is 0 Å². The zero-order chi connectivity index (χ0) is 18.5. The maximum Gasteiger partial charge on any atom is 0.225 e. The van der Waals surface area contributed by atoms with Gasteiger partial charge in [0.1, 0.15) is 0 Å². The minimum atomic E-state index is -0.0516. The lowest BCUT2D eigenvalue weighted by Gasteiger charge is -2.29. The second-order valence-corrected chi connectivity index (χ2v) is 6.69. The molecule has 0 spiro atoms. The SMILES string of the molecule is O=C(CCc1ccccc1)Nc1ccc(N2CCCc3ccccc32)nn1. The molecule has 1 aliphatic rings. The van der Waals surface area contributed by atoms with E-state index >= 15 is 0 Å². The molecule has 2 aromatic carbocycles. The molecule has 0 bridgehead atoms. The molecule has 0 aliphatic carbocycles. The number of hydrogen-bond donors (Lipinski definition) is 1. The van der Waals surface area contributed by atoms with Crippen LogP contribution in [0.25, 0.3) is 0 Å². The Labute approximate surface area is 159 Å². The molecule has 3 aromatic rings. The van der Waals surface area contributed by atoms with Crippen LogP contribution in [-0.4, -0.2) is 22.6 Å².